The number of fused-ring (bicyclic) bond motifs is 3. The first-order valence-electron chi connectivity index (χ1n) is 8.56. The van der Waals surface area contributed by atoms with E-state index in [4.69, 9.17) is 0 Å². The summed E-state index contributed by atoms with van der Waals surface area (Å²) in [6.45, 7) is 2.14. The number of aliphatic hydroxyl groups excluding tert-OH is 1. The number of thiophene rings is 1. The third-order valence-electron chi connectivity index (χ3n) is 4.98. The van der Waals surface area contributed by atoms with Gasteiger partial charge in [0.25, 0.3) is 5.56 Å². The maximum Gasteiger partial charge on any atom is 0.262 e. The summed E-state index contributed by atoms with van der Waals surface area (Å²) in [5, 5.41) is 11.0. The Hall–Kier alpha value is -2.12. The Morgan fingerprint density at radius 1 is 1.38 bits per heavy atom. The van der Waals surface area contributed by atoms with Gasteiger partial charge in [-0.25, -0.2) is 13.8 Å². The standard InChI is InChI=1S/C19H18F2N2O2S/c1-10-2-4-12-16(6-10)26-18-17(12)19(25)23(9-22-18)8-15(24)11-3-5-13(20)14(21)7-11/h3,5,7,9-10,15,24H,2,4,6,8H2,1H3. The molecule has 2 heterocycles. The van der Waals surface area contributed by atoms with Crippen molar-refractivity contribution in [2.45, 2.75) is 38.8 Å². The Kier molecular flexibility index (Phi) is 4.36. The summed E-state index contributed by atoms with van der Waals surface area (Å²) in [6, 6.07) is 3.23. The first-order chi connectivity index (χ1) is 12.4. The SMILES string of the molecule is CC1CCc2c(sc3ncn(CC(O)c4ccc(F)c(F)c4)c(=O)c23)C1. The van der Waals surface area contributed by atoms with E-state index >= 15 is 0 Å². The number of benzene rings is 1. The molecule has 26 heavy (non-hydrogen) atoms. The smallest absolute Gasteiger partial charge is 0.262 e. The van der Waals surface area contributed by atoms with Crippen LogP contribution < -0.4 is 5.56 Å². The van der Waals surface area contributed by atoms with E-state index < -0.39 is 17.7 Å². The van der Waals surface area contributed by atoms with E-state index in [0.29, 0.717) is 11.3 Å². The minimum Gasteiger partial charge on any atom is -0.387 e. The van der Waals surface area contributed by atoms with Gasteiger partial charge in [-0.2, -0.15) is 0 Å². The van der Waals surface area contributed by atoms with Crippen molar-refractivity contribution < 1.29 is 13.9 Å². The molecule has 0 saturated carbocycles. The lowest BCUT2D eigenvalue weighted by atomic mass is 9.89. The van der Waals surface area contributed by atoms with Crippen LogP contribution in [0.3, 0.4) is 0 Å². The number of rotatable bonds is 3. The largest absolute Gasteiger partial charge is 0.387 e. The van der Waals surface area contributed by atoms with Crippen LogP contribution in [0.25, 0.3) is 10.2 Å². The second kappa shape index (κ2) is 6.55. The number of nitrogens with zero attached hydrogens (tertiary/aromatic N) is 2. The molecule has 0 spiro atoms. The summed E-state index contributed by atoms with van der Waals surface area (Å²) < 4.78 is 27.8. The van der Waals surface area contributed by atoms with Crippen LogP contribution in [-0.4, -0.2) is 14.7 Å². The molecule has 1 aliphatic carbocycles. The van der Waals surface area contributed by atoms with Crippen molar-refractivity contribution >= 4 is 21.6 Å². The molecule has 0 bridgehead atoms. The van der Waals surface area contributed by atoms with Gasteiger partial charge in [0.15, 0.2) is 11.6 Å². The molecule has 2 aromatic heterocycles. The molecule has 0 aliphatic heterocycles. The van der Waals surface area contributed by atoms with E-state index in [1.54, 1.807) is 11.3 Å². The molecule has 3 aromatic rings. The average Bonchev–Trinajstić information content (AvgIpc) is 2.97. The Labute approximate surface area is 152 Å². The number of aromatic nitrogens is 2. The number of hydrogen-bond acceptors (Lipinski definition) is 4. The average molecular weight is 376 g/mol. The van der Waals surface area contributed by atoms with Crippen molar-refractivity contribution in [1.29, 1.82) is 0 Å². The van der Waals surface area contributed by atoms with Crippen LogP contribution in [-0.2, 0) is 19.4 Å². The summed E-state index contributed by atoms with van der Waals surface area (Å²) in [7, 11) is 0. The lowest BCUT2D eigenvalue weighted by Gasteiger charge is -2.17. The predicted molar refractivity (Wildman–Crippen MR) is 96.4 cm³/mol. The fourth-order valence-corrected chi connectivity index (χ4v) is 4.85. The molecule has 4 rings (SSSR count). The van der Waals surface area contributed by atoms with Crippen LogP contribution >= 0.6 is 11.3 Å². The maximum atomic E-state index is 13.4. The van der Waals surface area contributed by atoms with E-state index in [1.165, 1.54) is 21.8 Å². The highest BCUT2D eigenvalue weighted by molar-refractivity contribution is 7.18. The molecule has 0 saturated heterocycles. The molecule has 0 radical (unpaired) electrons. The molecule has 0 amide bonds. The predicted octanol–water partition coefficient (Wildman–Crippen LogP) is 3.59. The third kappa shape index (κ3) is 2.95. The molecular formula is C19H18F2N2O2S. The number of halogens is 2. The highest BCUT2D eigenvalue weighted by atomic mass is 32.1. The summed E-state index contributed by atoms with van der Waals surface area (Å²) >= 11 is 1.57. The quantitative estimate of drug-likeness (QED) is 0.760. The minimum atomic E-state index is -1.13. The molecule has 2 atom stereocenters. The van der Waals surface area contributed by atoms with Gasteiger partial charge >= 0.3 is 0 Å². The molecule has 2 unspecified atom stereocenters. The van der Waals surface area contributed by atoms with Crippen molar-refractivity contribution in [3.63, 3.8) is 0 Å². The summed E-state index contributed by atoms with van der Waals surface area (Å²) in [6.07, 6.45) is 3.16. The number of aryl methyl sites for hydroxylation is 1. The molecule has 0 fully saturated rings. The fraction of sp³-hybridized carbons (Fsp3) is 0.368. The van der Waals surface area contributed by atoms with E-state index in [2.05, 4.69) is 11.9 Å². The maximum absolute atomic E-state index is 13.4. The Balaban J connectivity index is 1.70. The van der Waals surface area contributed by atoms with Crippen LogP contribution in [0.1, 0.15) is 35.5 Å². The van der Waals surface area contributed by atoms with Gasteiger partial charge in [0.1, 0.15) is 4.83 Å². The van der Waals surface area contributed by atoms with Crippen molar-refractivity contribution in [2.75, 3.05) is 0 Å². The lowest BCUT2D eigenvalue weighted by molar-refractivity contribution is 0.154. The van der Waals surface area contributed by atoms with Crippen LogP contribution in [0.5, 0.6) is 0 Å². The third-order valence-corrected chi connectivity index (χ3v) is 6.14. The van der Waals surface area contributed by atoms with Gasteiger partial charge < -0.3 is 5.11 Å². The summed E-state index contributed by atoms with van der Waals surface area (Å²) in [5.74, 6) is -1.39. The molecular weight excluding hydrogens is 358 g/mol. The van der Waals surface area contributed by atoms with Crippen LogP contribution in [0.15, 0.2) is 29.3 Å². The van der Waals surface area contributed by atoms with E-state index in [1.807, 2.05) is 0 Å². The van der Waals surface area contributed by atoms with Gasteiger partial charge in [0, 0.05) is 4.88 Å². The van der Waals surface area contributed by atoms with Crippen LogP contribution in [0.2, 0.25) is 0 Å². The molecule has 4 nitrogen and oxygen atoms in total. The second-order valence-electron chi connectivity index (χ2n) is 6.92. The van der Waals surface area contributed by atoms with Gasteiger partial charge in [0.05, 0.1) is 24.4 Å². The van der Waals surface area contributed by atoms with Crippen molar-refractivity contribution in [2.24, 2.45) is 5.92 Å². The lowest BCUT2D eigenvalue weighted by Crippen LogP contribution is -2.24. The van der Waals surface area contributed by atoms with Gasteiger partial charge in [0.2, 0.25) is 0 Å². The molecule has 1 aliphatic rings. The van der Waals surface area contributed by atoms with E-state index in [-0.39, 0.29) is 17.7 Å². The van der Waals surface area contributed by atoms with Gasteiger partial charge in [-0.05, 0) is 48.4 Å². The van der Waals surface area contributed by atoms with Gasteiger partial charge in [-0.1, -0.05) is 13.0 Å². The minimum absolute atomic E-state index is 0.0616. The number of hydrogen-bond donors (Lipinski definition) is 1. The van der Waals surface area contributed by atoms with Gasteiger partial charge in [-0.3, -0.25) is 9.36 Å². The molecule has 136 valence electrons. The first-order valence-corrected chi connectivity index (χ1v) is 9.38. The number of aliphatic hydroxyl groups is 1. The van der Waals surface area contributed by atoms with Crippen LogP contribution in [0.4, 0.5) is 8.78 Å². The highest BCUT2D eigenvalue weighted by Crippen LogP contribution is 2.35. The summed E-state index contributed by atoms with van der Waals surface area (Å²) in [4.78, 5) is 19.3. The monoisotopic (exact) mass is 376 g/mol. The van der Waals surface area contributed by atoms with Crippen molar-refractivity contribution in [3.05, 3.63) is 62.5 Å². The first kappa shape index (κ1) is 17.3. The van der Waals surface area contributed by atoms with Crippen molar-refractivity contribution in [1.82, 2.24) is 9.55 Å². The molecule has 1 aromatic carbocycles. The zero-order chi connectivity index (χ0) is 18.4. The fourth-order valence-electron chi connectivity index (χ4n) is 3.51. The van der Waals surface area contributed by atoms with Crippen LogP contribution in [0, 0.1) is 17.6 Å². The Morgan fingerprint density at radius 2 is 2.19 bits per heavy atom. The second-order valence-corrected chi connectivity index (χ2v) is 8.01. The normalized spacial score (nSPS) is 18.1. The highest BCUT2D eigenvalue weighted by Gasteiger charge is 2.23. The van der Waals surface area contributed by atoms with Gasteiger partial charge in [-0.15, -0.1) is 11.3 Å². The zero-order valence-corrected chi connectivity index (χ0v) is 15.0. The zero-order valence-electron chi connectivity index (χ0n) is 14.2. The van der Waals surface area contributed by atoms with E-state index in [9.17, 15) is 18.7 Å². The Morgan fingerprint density at radius 3 is 2.96 bits per heavy atom. The summed E-state index contributed by atoms with van der Waals surface area (Å²) in [5.41, 5.74) is 1.11. The Bertz CT molecular complexity index is 1040. The van der Waals surface area contributed by atoms with Crippen molar-refractivity contribution in [3.8, 4) is 0 Å². The topological polar surface area (TPSA) is 55.1 Å². The van der Waals surface area contributed by atoms with E-state index in [0.717, 1.165) is 41.8 Å². The molecule has 7 heteroatoms. The molecule has 1 N–H and O–H groups in total.